The second kappa shape index (κ2) is 6.41. The summed E-state index contributed by atoms with van der Waals surface area (Å²) in [5.41, 5.74) is 0. The molecule has 0 saturated carbocycles. The molecule has 0 rings (SSSR count). The van der Waals surface area contributed by atoms with Gasteiger partial charge in [-0.2, -0.15) is 0 Å². The number of rotatable bonds is 8. The van der Waals surface area contributed by atoms with E-state index < -0.39 is 19.9 Å². The van der Waals surface area contributed by atoms with Crippen molar-refractivity contribution in [3.05, 3.63) is 0 Å². The molecule has 0 bridgehead atoms. The molecule has 15 heavy (non-hydrogen) atoms. The van der Waals surface area contributed by atoms with Gasteiger partial charge in [0.15, 0.2) is 0 Å². The molecule has 0 aliphatic carbocycles. The smallest absolute Gasteiger partial charge is 0.212 e. The van der Waals surface area contributed by atoms with Crippen LogP contribution in [0.4, 0.5) is 0 Å². The average molecular weight is 258 g/mol. The molecule has 0 aromatic carbocycles. The summed E-state index contributed by atoms with van der Waals surface area (Å²) < 4.78 is 46.2. The van der Waals surface area contributed by atoms with Crippen LogP contribution in [0.5, 0.6) is 0 Å². The Balaban J connectivity index is 3.76. The summed E-state index contributed by atoms with van der Waals surface area (Å²) in [5, 5.41) is 2.72. The van der Waals surface area contributed by atoms with Crippen LogP contribution in [0.3, 0.4) is 0 Å². The molecule has 8 heteroatoms. The zero-order valence-corrected chi connectivity index (χ0v) is 10.6. The van der Waals surface area contributed by atoms with Crippen molar-refractivity contribution in [2.45, 2.75) is 6.42 Å². The number of hydrogen-bond acceptors (Lipinski definition) is 5. The second-order valence-corrected chi connectivity index (χ2v) is 7.49. The van der Waals surface area contributed by atoms with E-state index in [9.17, 15) is 16.8 Å². The van der Waals surface area contributed by atoms with Gasteiger partial charge in [0, 0.05) is 19.3 Å². The third-order valence-electron chi connectivity index (χ3n) is 1.63. The molecule has 0 heterocycles. The zero-order chi connectivity index (χ0) is 11.9. The summed E-state index contributed by atoms with van der Waals surface area (Å²) in [5.74, 6) is 0.00389. The first-order valence-electron chi connectivity index (χ1n) is 4.56. The fourth-order valence-electron chi connectivity index (χ4n) is 0.871. The lowest BCUT2D eigenvalue weighted by Crippen LogP contribution is -2.32. The van der Waals surface area contributed by atoms with E-state index in [1.165, 1.54) is 0 Å². The number of hydrogen-bond donors (Lipinski definition) is 2. The molecule has 0 aliphatic rings. The molecule has 0 atom stereocenters. The van der Waals surface area contributed by atoms with E-state index in [4.69, 9.17) is 0 Å². The Hall–Kier alpha value is -0.180. The van der Waals surface area contributed by atoms with Gasteiger partial charge in [0.25, 0.3) is 0 Å². The van der Waals surface area contributed by atoms with Gasteiger partial charge in [-0.15, -0.1) is 0 Å². The lowest BCUT2D eigenvalue weighted by atomic mass is 10.5. The van der Waals surface area contributed by atoms with E-state index in [0.717, 1.165) is 6.26 Å². The standard InChI is InChI=1S/C7H18N2O4S2/c1-8-5-7-15(12,13)9-4-3-6-14(2,10)11/h8-9H,3-7H2,1-2H3. The molecular weight excluding hydrogens is 240 g/mol. The maximum Gasteiger partial charge on any atom is 0.212 e. The van der Waals surface area contributed by atoms with Gasteiger partial charge in [0.2, 0.25) is 10.0 Å². The predicted molar refractivity (Wildman–Crippen MR) is 60.0 cm³/mol. The number of sulfone groups is 1. The lowest BCUT2D eigenvalue weighted by molar-refractivity contribution is 0.575. The highest BCUT2D eigenvalue weighted by molar-refractivity contribution is 7.90. The molecule has 0 fully saturated rings. The van der Waals surface area contributed by atoms with Crippen molar-refractivity contribution in [1.29, 1.82) is 0 Å². The first kappa shape index (κ1) is 14.8. The molecule has 0 amide bonds. The van der Waals surface area contributed by atoms with Crippen molar-refractivity contribution in [1.82, 2.24) is 10.0 Å². The quantitative estimate of drug-likeness (QED) is 0.520. The molecule has 6 nitrogen and oxygen atoms in total. The van der Waals surface area contributed by atoms with Crippen LogP contribution >= 0.6 is 0 Å². The number of sulfonamides is 1. The Morgan fingerprint density at radius 1 is 1.00 bits per heavy atom. The van der Waals surface area contributed by atoms with Crippen molar-refractivity contribution < 1.29 is 16.8 Å². The van der Waals surface area contributed by atoms with Gasteiger partial charge < -0.3 is 5.32 Å². The molecular formula is C7H18N2O4S2. The summed E-state index contributed by atoms with van der Waals surface area (Å²) in [6, 6.07) is 0. The Morgan fingerprint density at radius 2 is 1.60 bits per heavy atom. The van der Waals surface area contributed by atoms with Crippen LogP contribution in [0.1, 0.15) is 6.42 Å². The molecule has 0 unspecified atom stereocenters. The average Bonchev–Trinajstić information content (AvgIpc) is 2.08. The first-order valence-corrected chi connectivity index (χ1v) is 8.28. The van der Waals surface area contributed by atoms with Crippen molar-refractivity contribution >= 4 is 19.9 Å². The summed E-state index contributed by atoms with van der Waals surface area (Å²) in [6.45, 7) is 0.542. The third-order valence-corrected chi connectivity index (χ3v) is 4.05. The topological polar surface area (TPSA) is 92.3 Å². The first-order chi connectivity index (χ1) is 6.77. The van der Waals surface area contributed by atoms with Gasteiger partial charge in [-0.1, -0.05) is 0 Å². The highest BCUT2D eigenvalue weighted by Crippen LogP contribution is 1.89. The Labute approximate surface area is 91.4 Å². The minimum Gasteiger partial charge on any atom is -0.319 e. The fourth-order valence-corrected chi connectivity index (χ4v) is 2.61. The maximum absolute atomic E-state index is 11.2. The monoisotopic (exact) mass is 258 g/mol. The van der Waals surface area contributed by atoms with E-state index in [0.29, 0.717) is 13.0 Å². The molecule has 0 aliphatic heterocycles. The van der Waals surface area contributed by atoms with Gasteiger partial charge in [-0.05, 0) is 13.5 Å². The Morgan fingerprint density at radius 3 is 2.07 bits per heavy atom. The van der Waals surface area contributed by atoms with Crippen molar-refractivity contribution in [3.63, 3.8) is 0 Å². The van der Waals surface area contributed by atoms with E-state index in [1.54, 1.807) is 7.05 Å². The van der Waals surface area contributed by atoms with Crippen LogP contribution in [-0.2, 0) is 19.9 Å². The lowest BCUT2D eigenvalue weighted by Gasteiger charge is -2.05. The zero-order valence-electron chi connectivity index (χ0n) is 8.99. The minimum atomic E-state index is -3.27. The van der Waals surface area contributed by atoms with Crippen LogP contribution in [-0.4, -0.2) is 54.7 Å². The minimum absolute atomic E-state index is 0.00154. The van der Waals surface area contributed by atoms with Crippen LogP contribution in [0.25, 0.3) is 0 Å². The van der Waals surface area contributed by atoms with Crippen LogP contribution in [0.2, 0.25) is 0 Å². The van der Waals surface area contributed by atoms with E-state index in [-0.39, 0.29) is 18.1 Å². The number of nitrogens with one attached hydrogen (secondary N) is 2. The van der Waals surface area contributed by atoms with Gasteiger partial charge in [-0.25, -0.2) is 21.6 Å². The third kappa shape index (κ3) is 10.1. The van der Waals surface area contributed by atoms with Gasteiger partial charge >= 0.3 is 0 Å². The highest BCUT2D eigenvalue weighted by Gasteiger charge is 2.09. The maximum atomic E-state index is 11.2. The summed E-state index contributed by atoms with van der Waals surface area (Å²) >= 11 is 0. The summed E-state index contributed by atoms with van der Waals surface area (Å²) in [7, 11) is -4.61. The molecule has 0 radical (unpaired) electrons. The van der Waals surface area contributed by atoms with Gasteiger partial charge in [-0.3, -0.25) is 0 Å². The molecule has 0 saturated heterocycles. The largest absolute Gasteiger partial charge is 0.319 e. The fraction of sp³-hybridized carbons (Fsp3) is 1.00. The summed E-state index contributed by atoms with van der Waals surface area (Å²) in [6.07, 6.45) is 1.43. The van der Waals surface area contributed by atoms with Crippen LogP contribution in [0.15, 0.2) is 0 Å². The van der Waals surface area contributed by atoms with Crippen molar-refractivity contribution in [2.75, 3.05) is 37.9 Å². The van der Waals surface area contributed by atoms with Crippen LogP contribution in [0, 0.1) is 0 Å². The predicted octanol–water partition coefficient (Wildman–Crippen LogP) is -1.44. The SMILES string of the molecule is CNCCS(=O)(=O)NCCCS(C)(=O)=O. The summed E-state index contributed by atoms with van der Waals surface area (Å²) in [4.78, 5) is 0. The Kier molecular flexibility index (Phi) is 6.34. The van der Waals surface area contributed by atoms with E-state index >= 15 is 0 Å². The van der Waals surface area contributed by atoms with Gasteiger partial charge in [0.05, 0.1) is 11.5 Å². The molecule has 0 spiro atoms. The van der Waals surface area contributed by atoms with Crippen LogP contribution < -0.4 is 10.0 Å². The van der Waals surface area contributed by atoms with E-state index in [2.05, 4.69) is 10.0 Å². The molecule has 0 aromatic rings. The molecule has 2 N–H and O–H groups in total. The Bertz CT molecular complexity index is 360. The molecule has 92 valence electrons. The van der Waals surface area contributed by atoms with Gasteiger partial charge in [0.1, 0.15) is 9.84 Å². The van der Waals surface area contributed by atoms with Crippen molar-refractivity contribution in [2.24, 2.45) is 0 Å². The molecule has 0 aromatic heterocycles. The normalized spacial score (nSPS) is 12.9. The second-order valence-electron chi connectivity index (χ2n) is 3.30. The van der Waals surface area contributed by atoms with Crippen molar-refractivity contribution in [3.8, 4) is 0 Å². The van der Waals surface area contributed by atoms with E-state index in [1.807, 2.05) is 0 Å². The highest BCUT2D eigenvalue weighted by atomic mass is 32.2.